The summed E-state index contributed by atoms with van der Waals surface area (Å²) in [6.07, 6.45) is 1.40. The minimum Gasteiger partial charge on any atom is -0.459 e. The number of esters is 1. The molecule has 0 N–H and O–H groups in total. The van der Waals surface area contributed by atoms with Gasteiger partial charge in [-0.25, -0.2) is 4.79 Å². The summed E-state index contributed by atoms with van der Waals surface area (Å²) < 4.78 is 9.59. The highest BCUT2D eigenvalue weighted by Crippen LogP contribution is 2.18. The molecule has 94 valence electrons. The van der Waals surface area contributed by atoms with Gasteiger partial charge < -0.3 is 9.47 Å². The second-order valence-corrected chi connectivity index (χ2v) is 3.73. The summed E-state index contributed by atoms with van der Waals surface area (Å²) in [7, 11) is 1.50. The summed E-state index contributed by atoms with van der Waals surface area (Å²) in [6.45, 7) is 0.396. The Hall–Kier alpha value is -1.83. The third-order valence-electron chi connectivity index (χ3n) is 2.07. The second kappa shape index (κ2) is 7.49. The summed E-state index contributed by atoms with van der Waals surface area (Å²) in [6, 6.07) is 8.71. The molecule has 0 saturated carbocycles. The third-order valence-corrected chi connectivity index (χ3v) is 2.41. The van der Waals surface area contributed by atoms with E-state index in [0.29, 0.717) is 10.6 Å². The van der Waals surface area contributed by atoms with Gasteiger partial charge in [0.25, 0.3) is 0 Å². The number of halogens is 1. The van der Waals surface area contributed by atoms with E-state index in [2.05, 4.69) is 0 Å². The Morgan fingerprint density at radius 3 is 2.78 bits per heavy atom. The fourth-order valence-corrected chi connectivity index (χ4v) is 1.37. The highest BCUT2D eigenvalue weighted by molar-refractivity contribution is 6.32. The van der Waals surface area contributed by atoms with Crippen LogP contribution >= 0.6 is 11.6 Å². The number of carbonyl (C=O) groups is 1. The van der Waals surface area contributed by atoms with Crippen LogP contribution in [-0.4, -0.2) is 26.3 Å². The molecule has 1 aromatic carbocycles. The van der Waals surface area contributed by atoms with Gasteiger partial charge in [-0.2, -0.15) is 5.26 Å². The van der Waals surface area contributed by atoms with Gasteiger partial charge in [0.2, 0.25) is 0 Å². The zero-order chi connectivity index (χ0) is 13.4. The lowest BCUT2D eigenvalue weighted by Gasteiger charge is -2.03. The number of methoxy groups -OCH3 is 1. The van der Waals surface area contributed by atoms with E-state index < -0.39 is 5.97 Å². The highest BCUT2D eigenvalue weighted by atomic mass is 35.5. The lowest BCUT2D eigenvalue weighted by Crippen LogP contribution is -2.11. The van der Waals surface area contributed by atoms with E-state index >= 15 is 0 Å². The van der Waals surface area contributed by atoms with Gasteiger partial charge in [0.15, 0.2) is 0 Å². The molecule has 0 atom stereocenters. The number of benzene rings is 1. The maximum atomic E-state index is 11.6. The van der Waals surface area contributed by atoms with Crippen LogP contribution in [0.1, 0.15) is 5.56 Å². The second-order valence-electron chi connectivity index (χ2n) is 3.32. The number of nitrogens with zero attached hydrogens (tertiary/aromatic N) is 1. The highest BCUT2D eigenvalue weighted by Gasteiger charge is 2.11. The first-order valence-electron chi connectivity index (χ1n) is 5.21. The molecule has 0 unspecified atom stereocenters. The van der Waals surface area contributed by atoms with E-state index in [9.17, 15) is 4.79 Å². The molecule has 0 aliphatic rings. The molecule has 4 nitrogen and oxygen atoms in total. The molecular formula is C13H12ClNO3. The SMILES string of the molecule is COCCOC(=O)C(C#N)=Cc1ccccc1Cl. The molecule has 0 aliphatic heterocycles. The smallest absolute Gasteiger partial charge is 0.348 e. The van der Waals surface area contributed by atoms with E-state index in [-0.39, 0.29) is 18.8 Å². The monoisotopic (exact) mass is 265 g/mol. The number of hydrogen-bond donors (Lipinski definition) is 0. The fourth-order valence-electron chi connectivity index (χ4n) is 1.18. The van der Waals surface area contributed by atoms with Crippen molar-refractivity contribution in [3.05, 3.63) is 40.4 Å². The number of hydrogen-bond acceptors (Lipinski definition) is 4. The summed E-state index contributed by atoms with van der Waals surface area (Å²) >= 11 is 5.93. The minimum absolute atomic E-state index is 0.0980. The van der Waals surface area contributed by atoms with E-state index in [4.69, 9.17) is 26.3 Å². The van der Waals surface area contributed by atoms with E-state index in [1.165, 1.54) is 13.2 Å². The molecule has 1 aromatic rings. The molecule has 1 rings (SSSR count). The van der Waals surface area contributed by atoms with E-state index in [0.717, 1.165) is 0 Å². The van der Waals surface area contributed by atoms with Crippen molar-refractivity contribution in [1.29, 1.82) is 5.26 Å². The Kier molecular flexibility index (Phi) is 5.92. The van der Waals surface area contributed by atoms with Crippen molar-refractivity contribution in [1.82, 2.24) is 0 Å². The van der Waals surface area contributed by atoms with Crippen LogP contribution in [0.15, 0.2) is 29.8 Å². The Balaban J connectivity index is 2.81. The Morgan fingerprint density at radius 2 is 2.17 bits per heavy atom. The van der Waals surface area contributed by atoms with Crippen LogP contribution in [0.25, 0.3) is 6.08 Å². The van der Waals surface area contributed by atoms with Crippen LogP contribution in [0.2, 0.25) is 5.02 Å². The number of nitriles is 1. The van der Waals surface area contributed by atoms with Gasteiger partial charge in [0.05, 0.1) is 6.61 Å². The summed E-state index contributed by atoms with van der Waals surface area (Å²) in [4.78, 5) is 11.6. The lowest BCUT2D eigenvalue weighted by atomic mass is 10.1. The molecule has 18 heavy (non-hydrogen) atoms. The zero-order valence-electron chi connectivity index (χ0n) is 9.85. The maximum absolute atomic E-state index is 11.6. The number of rotatable bonds is 5. The predicted octanol–water partition coefficient (Wildman–Crippen LogP) is 2.44. The van der Waals surface area contributed by atoms with Gasteiger partial charge in [-0.1, -0.05) is 29.8 Å². The average molecular weight is 266 g/mol. The van der Waals surface area contributed by atoms with Crippen LogP contribution in [0.3, 0.4) is 0 Å². The Bertz CT molecular complexity index is 491. The largest absolute Gasteiger partial charge is 0.459 e. The van der Waals surface area contributed by atoms with Crippen LogP contribution in [0.5, 0.6) is 0 Å². The van der Waals surface area contributed by atoms with E-state index in [1.807, 2.05) is 0 Å². The summed E-state index contributed by atoms with van der Waals surface area (Å²) in [5.41, 5.74) is 0.499. The topological polar surface area (TPSA) is 59.3 Å². The van der Waals surface area contributed by atoms with Crippen molar-refractivity contribution >= 4 is 23.6 Å². The summed E-state index contributed by atoms with van der Waals surface area (Å²) in [5, 5.41) is 9.38. The van der Waals surface area contributed by atoms with Crippen molar-refractivity contribution in [3.8, 4) is 6.07 Å². The van der Waals surface area contributed by atoms with Crippen LogP contribution in [-0.2, 0) is 14.3 Å². The van der Waals surface area contributed by atoms with Gasteiger partial charge in [0.1, 0.15) is 18.2 Å². The third kappa shape index (κ3) is 4.21. The normalized spacial score (nSPS) is 10.8. The van der Waals surface area contributed by atoms with Crippen LogP contribution in [0, 0.1) is 11.3 Å². The first-order valence-corrected chi connectivity index (χ1v) is 5.59. The molecule has 0 bridgehead atoms. The number of ether oxygens (including phenoxy) is 2. The average Bonchev–Trinajstić information content (AvgIpc) is 2.38. The molecule has 5 heteroatoms. The lowest BCUT2D eigenvalue weighted by molar-refractivity contribution is -0.139. The molecule has 0 saturated heterocycles. The van der Waals surface area contributed by atoms with Crippen molar-refractivity contribution in [2.45, 2.75) is 0 Å². The van der Waals surface area contributed by atoms with Crippen LogP contribution < -0.4 is 0 Å². The molecule has 0 aromatic heterocycles. The molecule has 0 heterocycles. The standard InChI is InChI=1S/C13H12ClNO3/c1-17-6-7-18-13(16)11(9-15)8-10-4-2-3-5-12(10)14/h2-5,8H,6-7H2,1H3. The molecule has 0 radical (unpaired) electrons. The molecular weight excluding hydrogens is 254 g/mol. The Morgan fingerprint density at radius 1 is 1.44 bits per heavy atom. The fraction of sp³-hybridized carbons (Fsp3) is 0.231. The quantitative estimate of drug-likeness (QED) is 0.355. The zero-order valence-corrected chi connectivity index (χ0v) is 10.6. The molecule has 0 spiro atoms. The van der Waals surface area contributed by atoms with Gasteiger partial charge >= 0.3 is 5.97 Å². The van der Waals surface area contributed by atoms with Gasteiger partial charge in [-0.05, 0) is 17.7 Å². The molecule has 0 fully saturated rings. The first-order chi connectivity index (χ1) is 8.69. The first kappa shape index (κ1) is 14.2. The molecule has 0 amide bonds. The van der Waals surface area contributed by atoms with Crippen molar-refractivity contribution < 1.29 is 14.3 Å². The maximum Gasteiger partial charge on any atom is 0.348 e. The predicted molar refractivity (Wildman–Crippen MR) is 67.9 cm³/mol. The van der Waals surface area contributed by atoms with Crippen molar-refractivity contribution in [2.24, 2.45) is 0 Å². The Labute approximate surface area is 110 Å². The van der Waals surface area contributed by atoms with E-state index in [1.54, 1.807) is 30.3 Å². The van der Waals surface area contributed by atoms with Crippen molar-refractivity contribution in [2.75, 3.05) is 20.3 Å². The van der Waals surface area contributed by atoms with Crippen molar-refractivity contribution in [3.63, 3.8) is 0 Å². The minimum atomic E-state index is -0.686. The number of carbonyl (C=O) groups excluding carboxylic acids is 1. The molecule has 0 aliphatic carbocycles. The van der Waals surface area contributed by atoms with Gasteiger partial charge in [0, 0.05) is 12.1 Å². The van der Waals surface area contributed by atoms with Crippen LogP contribution in [0.4, 0.5) is 0 Å². The van der Waals surface area contributed by atoms with Gasteiger partial charge in [-0.3, -0.25) is 0 Å². The van der Waals surface area contributed by atoms with Gasteiger partial charge in [-0.15, -0.1) is 0 Å². The summed E-state index contributed by atoms with van der Waals surface area (Å²) in [5.74, 6) is -0.686.